The molecule has 3 aromatic rings. The standard InChI is InChI=1S/C29H30Br2N2O4S/c1-6-8-22-24(28(35)37-7-2)25(19-11-9-18(10-12-19)16(3)4)33-27(34)23(38-29(33)32-22)15-17-13-20(30)26(36-5)21(31)14-17/h9-16,25H,6-8H2,1-5H3/b23-15-/t25-/m0/s1. The Morgan fingerprint density at radius 2 is 1.82 bits per heavy atom. The molecule has 38 heavy (non-hydrogen) atoms. The lowest BCUT2D eigenvalue weighted by molar-refractivity contribution is -0.139. The van der Waals surface area contributed by atoms with E-state index in [-0.39, 0.29) is 12.2 Å². The van der Waals surface area contributed by atoms with Crippen LogP contribution >= 0.6 is 43.2 Å². The Balaban J connectivity index is 1.97. The zero-order valence-electron chi connectivity index (χ0n) is 22.0. The minimum Gasteiger partial charge on any atom is -0.494 e. The van der Waals surface area contributed by atoms with Gasteiger partial charge in [0.15, 0.2) is 4.80 Å². The molecule has 0 unspecified atom stereocenters. The lowest BCUT2D eigenvalue weighted by atomic mass is 9.92. The summed E-state index contributed by atoms with van der Waals surface area (Å²) in [7, 11) is 1.60. The molecule has 9 heteroatoms. The van der Waals surface area contributed by atoms with Crippen molar-refractivity contribution in [3.05, 3.63) is 93.0 Å². The van der Waals surface area contributed by atoms with Crippen LogP contribution in [-0.4, -0.2) is 24.3 Å². The Morgan fingerprint density at radius 1 is 1.16 bits per heavy atom. The molecule has 0 N–H and O–H groups in total. The third-order valence-electron chi connectivity index (χ3n) is 6.33. The summed E-state index contributed by atoms with van der Waals surface area (Å²) >= 11 is 8.39. The average Bonchev–Trinajstić information content (AvgIpc) is 3.17. The monoisotopic (exact) mass is 660 g/mol. The summed E-state index contributed by atoms with van der Waals surface area (Å²) in [6.07, 6.45) is 3.26. The van der Waals surface area contributed by atoms with Gasteiger partial charge in [0, 0.05) is 0 Å². The highest BCUT2D eigenvalue weighted by molar-refractivity contribution is 9.11. The number of carbonyl (C=O) groups is 1. The smallest absolute Gasteiger partial charge is 0.338 e. The summed E-state index contributed by atoms with van der Waals surface area (Å²) < 4.78 is 14.6. The van der Waals surface area contributed by atoms with Crippen molar-refractivity contribution in [2.45, 2.75) is 52.5 Å². The molecule has 2 aromatic carbocycles. The Kier molecular flexibility index (Phi) is 9.11. The van der Waals surface area contributed by atoms with E-state index in [0.29, 0.717) is 38.7 Å². The van der Waals surface area contributed by atoms with Crippen molar-refractivity contribution in [2.24, 2.45) is 4.99 Å². The lowest BCUT2D eigenvalue weighted by Gasteiger charge is -2.26. The molecule has 2 heterocycles. The van der Waals surface area contributed by atoms with E-state index in [1.165, 1.54) is 16.9 Å². The van der Waals surface area contributed by atoms with Gasteiger partial charge < -0.3 is 9.47 Å². The van der Waals surface area contributed by atoms with Gasteiger partial charge >= 0.3 is 5.97 Å². The predicted molar refractivity (Wildman–Crippen MR) is 159 cm³/mol. The number of nitrogens with zero attached hydrogens (tertiary/aromatic N) is 2. The highest BCUT2D eigenvalue weighted by Gasteiger charge is 2.34. The Labute approximate surface area is 243 Å². The maximum Gasteiger partial charge on any atom is 0.338 e. The van der Waals surface area contributed by atoms with Crippen molar-refractivity contribution in [1.82, 2.24) is 4.57 Å². The van der Waals surface area contributed by atoms with Gasteiger partial charge in [-0.3, -0.25) is 9.36 Å². The van der Waals surface area contributed by atoms with Crippen LogP contribution in [0.4, 0.5) is 0 Å². The summed E-state index contributed by atoms with van der Waals surface area (Å²) in [4.78, 5) is 32.6. The topological polar surface area (TPSA) is 69.9 Å². The molecule has 0 bridgehead atoms. The SMILES string of the molecule is CCCC1=C(C(=O)OCC)[C@H](c2ccc(C(C)C)cc2)n2c(s/c(=C\c3cc(Br)c(OC)c(Br)c3)c2=O)=N1. The number of halogens is 2. The Hall–Kier alpha value is -2.49. The number of fused-ring (bicyclic) bond motifs is 1. The first-order chi connectivity index (χ1) is 18.2. The van der Waals surface area contributed by atoms with Crippen molar-refractivity contribution in [3.8, 4) is 5.75 Å². The molecule has 1 aromatic heterocycles. The zero-order chi connectivity index (χ0) is 27.6. The van der Waals surface area contributed by atoms with Gasteiger partial charge in [-0.25, -0.2) is 9.79 Å². The van der Waals surface area contributed by atoms with Gasteiger partial charge in [0.25, 0.3) is 5.56 Å². The van der Waals surface area contributed by atoms with E-state index in [9.17, 15) is 9.59 Å². The highest BCUT2D eigenvalue weighted by Crippen LogP contribution is 2.35. The van der Waals surface area contributed by atoms with Gasteiger partial charge in [-0.05, 0) is 86.0 Å². The van der Waals surface area contributed by atoms with Crippen LogP contribution in [0.2, 0.25) is 0 Å². The van der Waals surface area contributed by atoms with Crippen LogP contribution in [0.15, 0.2) is 66.4 Å². The Bertz CT molecular complexity index is 1550. The normalized spacial score (nSPS) is 15.5. The van der Waals surface area contributed by atoms with Crippen LogP contribution in [0, 0.1) is 0 Å². The van der Waals surface area contributed by atoms with Gasteiger partial charge in [-0.2, -0.15) is 0 Å². The number of thiazole rings is 1. The molecule has 0 saturated heterocycles. The van der Waals surface area contributed by atoms with Gasteiger partial charge in [0.05, 0.1) is 44.5 Å². The minimum absolute atomic E-state index is 0.202. The maximum atomic E-state index is 13.9. The molecule has 1 atom stereocenters. The van der Waals surface area contributed by atoms with Crippen molar-refractivity contribution < 1.29 is 14.3 Å². The number of rotatable bonds is 8. The number of esters is 1. The molecule has 0 spiro atoms. The van der Waals surface area contributed by atoms with Gasteiger partial charge in [-0.1, -0.05) is 62.8 Å². The van der Waals surface area contributed by atoms with Gasteiger partial charge in [0.2, 0.25) is 0 Å². The van der Waals surface area contributed by atoms with E-state index in [4.69, 9.17) is 14.5 Å². The zero-order valence-corrected chi connectivity index (χ0v) is 26.0. The number of benzene rings is 2. The van der Waals surface area contributed by atoms with Gasteiger partial charge in [0.1, 0.15) is 5.75 Å². The molecule has 0 fully saturated rings. The van der Waals surface area contributed by atoms with Crippen molar-refractivity contribution >= 4 is 55.2 Å². The fourth-order valence-corrected chi connectivity index (χ4v) is 7.07. The second kappa shape index (κ2) is 12.1. The van der Waals surface area contributed by atoms with Crippen LogP contribution in [-0.2, 0) is 9.53 Å². The molecule has 200 valence electrons. The fraction of sp³-hybridized carbons (Fsp3) is 0.345. The van der Waals surface area contributed by atoms with E-state index < -0.39 is 12.0 Å². The van der Waals surface area contributed by atoms with Crippen LogP contribution in [0.25, 0.3) is 6.08 Å². The predicted octanol–water partition coefficient (Wildman–Crippen LogP) is 6.24. The molecule has 0 aliphatic carbocycles. The van der Waals surface area contributed by atoms with E-state index >= 15 is 0 Å². The first-order valence-corrected chi connectivity index (χ1v) is 14.9. The molecular formula is C29H30Br2N2O4S. The second-order valence-electron chi connectivity index (χ2n) is 9.25. The number of carbonyl (C=O) groups excluding carboxylic acids is 1. The highest BCUT2D eigenvalue weighted by atomic mass is 79.9. The third kappa shape index (κ3) is 5.60. The molecular weight excluding hydrogens is 632 g/mol. The molecule has 1 aliphatic heterocycles. The molecule has 6 nitrogen and oxygen atoms in total. The van der Waals surface area contributed by atoms with Crippen molar-refractivity contribution in [3.63, 3.8) is 0 Å². The minimum atomic E-state index is -0.621. The third-order valence-corrected chi connectivity index (χ3v) is 8.49. The van der Waals surface area contributed by atoms with E-state index in [1.807, 2.05) is 37.3 Å². The number of ether oxygens (including phenoxy) is 2. The van der Waals surface area contributed by atoms with Crippen LogP contribution in [0.5, 0.6) is 5.75 Å². The van der Waals surface area contributed by atoms with E-state index in [1.54, 1.807) is 18.6 Å². The molecule has 4 rings (SSSR count). The summed E-state index contributed by atoms with van der Waals surface area (Å²) in [6, 6.07) is 11.3. The first-order valence-electron chi connectivity index (χ1n) is 12.5. The van der Waals surface area contributed by atoms with Crippen LogP contribution < -0.4 is 19.6 Å². The van der Waals surface area contributed by atoms with Crippen LogP contribution in [0.3, 0.4) is 0 Å². The summed E-state index contributed by atoms with van der Waals surface area (Å²) in [5, 5.41) is 0. The number of methoxy groups -OCH3 is 1. The van der Waals surface area contributed by atoms with E-state index in [2.05, 4.69) is 57.8 Å². The molecule has 0 radical (unpaired) electrons. The molecule has 0 amide bonds. The average molecular weight is 662 g/mol. The summed E-state index contributed by atoms with van der Waals surface area (Å²) in [5.74, 6) is 0.608. The first kappa shape index (κ1) is 28.5. The number of aromatic nitrogens is 1. The molecule has 0 saturated carbocycles. The second-order valence-corrected chi connectivity index (χ2v) is 12.0. The Morgan fingerprint density at radius 3 is 2.37 bits per heavy atom. The maximum absolute atomic E-state index is 13.9. The van der Waals surface area contributed by atoms with Crippen molar-refractivity contribution in [2.75, 3.05) is 13.7 Å². The number of hydrogen-bond acceptors (Lipinski definition) is 6. The number of allylic oxidation sites excluding steroid dienone is 1. The summed E-state index contributed by atoms with van der Waals surface area (Å²) in [5.41, 5.74) is 3.76. The van der Waals surface area contributed by atoms with Crippen LogP contribution in [0.1, 0.15) is 69.2 Å². The lowest BCUT2D eigenvalue weighted by Crippen LogP contribution is -2.40. The number of hydrogen-bond donors (Lipinski definition) is 0. The largest absolute Gasteiger partial charge is 0.494 e. The summed E-state index contributed by atoms with van der Waals surface area (Å²) in [6.45, 7) is 8.35. The van der Waals surface area contributed by atoms with Gasteiger partial charge in [-0.15, -0.1) is 0 Å². The quantitative estimate of drug-likeness (QED) is 0.268. The molecule has 1 aliphatic rings. The van der Waals surface area contributed by atoms with E-state index in [0.717, 1.165) is 26.5 Å². The van der Waals surface area contributed by atoms with Crippen molar-refractivity contribution in [1.29, 1.82) is 0 Å². The fourth-order valence-electron chi connectivity index (χ4n) is 4.51.